The number of esters is 1. The second-order valence-electron chi connectivity index (χ2n) is 4.74. The third kappa shape index (κ3) is 7.14. The summed E-state index contributed by atoms with van der Waals surface area (Å²) in [6.45, 7) is 3.34. The van der Waals surface area contributed by atoms with E-state index in [9.17, 15) is 19.2 Å². The van der Waals surface area contributed by atoms with Crippen molar-refractivity contribution < 1.29 is 29.0 Å². The lowest BCUT2D eigenvalue weighted by Crippen LogP contribution is -2.54. The number of nitrogens with two attached hydrogens (primary N) is 1. The Morgan fingerprint density at radius 2 is 1.76 bits per heavy atom. The highest BCUT2D eigenvalue weighted by molar-refractivity contribution is 5.90. The van der Waals surface area contributed by atoms with Crippen LogP contribution in [0.15, 0.2) is 0 Å². The van der Waals surface area contributed by atoms with Gasteiger partial charge in [-0.3, -0.25) is 9.59 Å². The lowest BCUT2D eigenvalue weighted by molar-refractivity contribution is -0.144. The number of hydrogen-bond donors (Lipinski definition) is 4. The zero-order chi connectivity index (χ0) is 16.6. The van der Waals surface area contributed by atoms with Crippen LogP contribution in [0.4, 0.5) is 4.79 Å². The van der Waals surface area contributed by atoms with E-state index in [0.29, 0.717) is 0 Å². The largest absolute Gasteiger partial charge is 0.480 e. The van der Waals surface area contributed by atoms with Crippen molar-refractivity contribution in [3.05, 3.63) is 0 Å². The number of carboxylic acids is 1. The quantitative estimate of drug-likeness (QED) is 0.431. The number of nitrogens with one attached hydrogen (secondary N) is 2. The average Bonchev–Trinajstić information content (AvgIpc) is 2.38. The first kappa shape index (κ1) is 18.7. The van der Waals surface area contributed by atoms with Crippen molar-refractivity contribution in [2.75, 3.05) is 7.11 Å². The minimum Gasteiger partial charge on any atom is -0.480 e. The number of carbonyl (C=O) groups is 4. The Morgan fingerprint density at radius 3 is 2.14 bits per heavy atom. The number of primary amides is 1. The number of rotatable bonds is 8. The monoisotopic (exact) mass is 303 g/mol. The van der Waals surface area contributed by atoms with Crippen molar-refractivity contribution >= 4 is 23.9 Å². The first-order chi connectivity index (χ1) is 9.68. The fraction of sp³-hybridized carbons (Fsp3) is 0.667. The van der Waals surface area contributed by atoms with Crippen molar-refractivity contribution in [1.82, 2.24) is 10.6 Å². The van der Waals surface area contributed by atoms with Crippen LogP contribution in [-0.2, 0) is 19.1 Å². The molecule has 0 radical (unpaired) electrons. The molecule has 9 heteroatoms. The Labute approximate surface area is 122 Å². The Kier molecular flexibility index (Phi) is 7.80. The van der Waals surface area contributed by atoms with Crippen LogP contribution in [0.3, 0.4) is 0 Å². The first-order valence-corrected chi connectivity index (χ1v) is 6.35. The van der Waals surface area contributed by atoms with Crippen LogP contribution in [0.2, 0.25) is 0 Å². The second kappa shape index (κ2) is 8.77. The van der Waals surface area contributed by atoms with Crippen molar-refractivity contribution in [3.8, 4) is 0 Å². The van der Waals surface area contributed by atoms with E-state index >= 15 is 0 Å². The van der Waals surface area contributed by atoms with Crippen molar-refractivity contribution in [2.24, 2.45) is 11.7 Å². The molecule has 0 saturated carbocycles. The molecular weight excluding hydrogens is 282 g/mol. The SMILES string of the molecule is COC(=O)CC[C@H](NC(=O)C(NC(N)=O)C(C)C)C(=O)O. The predicted molar refractivity (Wildman–Crippen MR) is 72.2 cm³/mol. The number of ether oxygens (including phenoxy) is 1. The number of carbonyl (C=O) groups excluding carboxylic acids is 3. The molecule has 3 amide bonds. The molecule has 2 atom stereocenters. The molecule has 21 heavy (non-hydrogen) atoms. The van der Waals surface area contributed by atoms with Gasteiger partial charge in [0.15, 0.2) is 0 Å². The van der Waals surface area contributed by atoms with Crippen LogP contribution in [0.1, 0.15) is 26.7 Å². The van der Waals surface area contributed by atoms with Gasteiger partial charge in [-0.05, 0) is 12.3 Å². The van der Waals surface area contributed by atoms with Crippen LogP contribution >= 0.6 is 0 Å². The lowest BCUT2D eigenvalue weighted by Gasteiger charge is -2.23. The molecule has 0 aromatic heterocycles. The summed E-state index contributed by atoms with van der Waals surface area (Å²) in [4.78, 5) is 44.9. The third-order valence-electron chi connectivity index (χ3n) is 2.73. The Morgan fingerprint density at radius 1 is 1.19 bits per heavy atom. The maximum Gasteiger partial charge on any atom is 0.326 e. The van der Waals surface area contributed by atoms with E-state index in [-0.39, 0.29) is 18.8 Å². The van der Waals surface area contributed by atoms with Gasteiger partial charge >= 0.3 is 18.0 Å². The first-order valence-electron chi connectivity index (χ1n) is 6.35. The number of amides is 3. The van der Waals surface area contributed by atoms with Crippen molar-refractivity contribution in [3.63, 3.8) is 0 Å². The van der Waals surface area contributed by atoms with Gasteiger partial charge in [0, 0.05) is 6.42 Å². The molecule has 120 valence electrons. The molecule has 0 aliphatic rings. The molecule has 0 aromatic rings. The van der Waals surface area contributed by atoms with E-state index in [2.05, 4.69) is 15.4 Å². The Bertz CT molecular complexity index is 410. The van der Waals surface area contributed by atoms with Crippen LogP contribution in [0.25, 0.3) is 0 Å². The van der Waals surface area contributed by atoms with Gasteiger partial charge in [-0.1, -0.05) is 13.8 Å². The lowest BCUT2D eigenvalue weighted by atomic mass is 10.0. The normalized spacial score (nSPS) is 13.1. The molecule has 0 heterocycles. The van der Waals surface area contributed by atoms with Gasteiger partial charge in [0.2, 0.25) is 5.91 Å². The number of urea groups is 1. The summed E-state index contributed by atoms with van der Waals surface area (Å²) in [5.41, 5.74) is 4.97. The van der Waals surface area contributed by atoms with Crippen LogP contribution < -0.4 is 16.4 Å². The minimum atomic E-state index is -1.28. The Balaban J connectivity index is 4.74. The molecule has 1 unspecified atom stereocenters. The van der Waals surface area contributed by atoms with Gasteiger partial charge in [-0.2, -0.15) is 0 Å². The molecule has 0 aliphatic carbocycles. The predicted octanol–water partition coefficient (Wildman–Crippen LogP) is -0.798. The third-order valence-corrected chi connectivity index (χ3v) is 2.73. The minimum absolute atomic E-state index is 0.116. The maximum atomic E-state index is 12.0. The van der Waals surface area contributed by atoms with E-state index in [4.69, 9.17) is 10.8 Å². The molecular formula is C12H21N3O6. The second-order valence-corrected chi connectivity index (χ2v) is 4.74. The molecule has 0 spiro atoms. The summed E-state index contributed by atoms with van der Waals surface area (Å²) in [5, 5.41) is 13.5. The summed E-state index contributed by atoms with van der Waals surface area (Å²) in [6, 6.07) is -3.10. The number of carboxylic acid groups (broad SMARTS) is 1. The molecule has 0 aliphatic heterocycles. The van der Waals surface area contributed by atoms with Gasteiger partial charge in [0.05, 0.1) is 7.11 Å². The number of methoxy groups -OCH3 is 1. The summed E-state index contributed by atoms with van der Waals surface area (Å²) in [6.07, 6.45) is -0.265. The molecule has 0 aromatic carbocycles. The van der Waals surface area contributed by atoms with E-state index < -0.39 is 36.0 Å². The van der Waals surface area contributed by atoms with Crippen LogP contribution in [0, 0.1) is 5.92 Å². The molecule has 0 rings (SSSR count). The highest BCUT2D eigenvalue weighted by Gasteiger charge is 2.28. The zero-order valence-corrected chi connectivity index (χ0v) is 12.2. The average molecular weight is 303 g/mol. The molecule has 0 bridgehead atoms. The van der Waals surface area contributed by atoms with Gasteiger partial charge in [-0.25, -0.2) is 9.59 Å². The van der Waals surface area contributed by atoms with E-state index in [1.54, 1.807) is 13.8 Å². The molecule has 0 fully saturated rings. The summed E-state index contributed by atoms with van der Waals surface area (Å²) in [7, 11) is 1.18. The van der Waals surface area contributed by atoms with Crippen LogP contribution in [-0.4, -0.2) is 48.2 Å². The summed E-state index contributed by atoms with van der Waals surface area (Å²) >= 11 is 0. The highest BCUT2D eigenvalue weighted by atomic mass is 16.5. The standard InChI is InChI=1S/C12H21N3O6/c1-6(2)9(15-12(13)20)10(17)14-7(11(18)19)4-5-8(16)21-3/h6-7,9H,4-5H2,1-3H3,(H,14,17)(H,18,19)(H3,13,15,20)/t7-,9?/m0/s1. The molecule has 9 nitrogen and oxygen atoms in total. The molecule has 0 saturated heterocycles. The van der Waals surface area contributed by atoms with Crippen molar-refractivity contribution in [1.29, 1.82) is 0 Å². The van der Waals surface area contributed by atoms with Gasteiger partial charge in [0.25, 0.3) is 0 Å². The van der Waals surface area contributed by atoms with Gasteiger partial charge < -0.3 is 26.2 Å². The fourth-order valence-corrected chi connectivity index (χ4v) is 1.57. The number of hydrogen-bond acceptors (Lipinski definition) is 5. The maximum absolute atomic E-state index is 12.0. The van der Waals surface area contributed by atoms with E-state index in [0.717, 1.165) is 0 Å². The fourth-order valence-electron chi connectivity index (χ4n) is 1.57. The zero-order valence-electron chi connectivity index (χ0n) is 12.2. The van der Waals surface area contributed by atoms with Gasteiger partial charge in [0.1, 0.15) is 12.1 Å². The van der Waals surface area contributed by atoms with Crippen molar-refractivity contribution in [2.45, 2.75) is 38.8 Å². The molecule has 5 N–H and O–H groups in total. The van der Waals surface area contributed by atoms with Gasteiger partial charge in [-0.15, -0.1) is 0 Å². The van der Waals surface area contributed by atoms with E-state index in [1.807, 2.05) is 0 Å². The number of aliphatic carboxylic acids is 1. The topological polar surface area (TPSA) is 148 Å². The highest BCUT2D eigenvalue weighted by Crippen LogP contribution is 2.05. The Hall–Kier alpha value is -2.32. The van der Waals surface area contributed by atoms with E-state index in [1.165, 1.54) is 7.11 Å². The summed E-state index contributed by atoms with van der Waals surface area (Å²) in [5.74, 6) is -2.83. The smallest absolute Gasteiger partial charge is 0.326 e. The summed E-state index contributed by atoms with van der Waals surface area (Å²) < 4.78 is 4.41. The van der Waals surface area contributed by atoms with Crippen LogP contribution in [0.5, 0.6) is 0 Å².